The minimum absolute atomic E-state index is 0.00813. The number of benzene rings is 2. The lowest BCUT2D eigenvalue weighted by Gasteiger charge is -2.43. The molecule has 1 saturated heterocycles. The number of carbonyl (C=O) groups excluding carboxylic acids is 5. The molecule has 0 saturated carbocycles. The van der Waals surface area contributed by atoms with E-state index in [0.717, 1.165) is 33.8 Å². The molecule has 236 valence electrons. The van der Waals surface area contributed by atoms with Gasteiger partial charge in [0.1, 0.15) is 37.4 Å². The molecule has 44 heavy (non-hydrogen) atoms. The Balaban J connectivity index is 1.57. The predicted molar refractivity (Wildman–Crippen MR) is 146 cm³/mol. The molecule has 2 aromatic rings. The summed E-state index contributed by atoms with van der Waals surface area (Å²) in [6.45, 7) is 4.86. The number of Topliss-reactive ketones (excluding diaryl/α,β-unsaturated/α-hetero) is 1. The number of phenols is 1. The van der Waals surface area contributed by atoms with Gasteiger partial charge in [0, 0.05) is 40.2 Å². The summed E-state index contributed by atoms with van der Waals surface area (Å²) in [6, 6.07) is 9.02. The van der Waals surface area contributed by atoms with E-state index < -0.39 is 72.7 Å². The van der Waals surface area contributed by atoms with Gasteiger partial charge in [-0.3, -0.25) is 24.0 Å². The van der Waals surface area contributed by atoms with Gasteiger partial charge in [-0.2, -0.15) is 0 Å². The molecule has 14 heteroatoms. The third-order valence-electron chi connectivity index (χ3n) is 6.44. The average Bonchev–Trinajstić information content (AvgIpc) is 2.94. The lowest BCUT2D eigenvalue weighted by molar-refractivity contribution is -0.288. The van der Waals surface area contributed by atoms with E-state index in [2.05, 4.69) is 0 Å². The van der Waals surface area contributed by atoms with E-state index in [0.29, 0.717) is 30.3 Å². The molecule has 14 nitrogen and oxygen atoms in total. The monoisotopic (exact) mass is 616 g/mol. The van der Waals surface area contributed by atoms with Crippen molar-refractivity contribution >= 4 is 29.7 Å². The second-order valence-corrected chi connectivity index (χ2v) is 9.94. The zero-order chi connectivity index (χ0) is 32.0. The molecule has 1 fully saturated rings. The summed E-state index contributed by atoms with van der Waals surface area (Å²) < 4.78 is 44.0. The van der Waals surface area contributed by atoms with Crippen LogP contribution in [0.5, 0.6) is 23.0 Å². The largest absolute Gasteiger partial charge is 0.507 e. The third-order valence-corrected chi connectivity index (χ3v) is 6.44. The Bertz CT molecular complexity index is 1420. The molecule has 1 N–H and O–H groups in total. The summed E-state index contributed by atoms with van der Waals surface area (Å²) in [5.74, 6) is -2.74. The fourth-order valence-corrected chi connectivity index (χ4v) is 4.72. The van der Waals surface area contributed by atoms with Crippen molar-refractivity contribution in [2.45, 2.75) is 64.8 Å². The van der Waals surface area contributed by atoms with Crippen LogP contribution in [-0.4, -0.2) is 85.3 Å². The second-order valence-electron chi connectivity index (χ2n) is 9.94. The van der Waals surface area contributed by atoms with Crippen molar-refractivity contribution in [3.63, 3.8) is 0 Å². The van der Waals surface area contributed by atoms with Crippen LogP contribution < -0.4 is 14.2 Å². The second kappa shape index (κ2) is 14.1. The smallest absolute Gasteiger partial charge is 0.303 e. The van der Waals surface area contributed by atoms with E-state index in [-0.39, 0.29) is 17.7 Å². The van der Waals surface area contributed by atoms with Crippen molar-refractivity contribution in [3.05, 3.63) is 47.5 Å². The van der Waals surface area contributed by atoms with Crippen LogP contribution in [0.4, 0.5) is 0 Å². The van der Waals surface area contributed by atoms with Gasteiger partial charge in [-0.1, -0.05) is 6.07 Å². The van der Waals surface area contributed by atoms with Crippen molar-refractivity contribution in [1.29, 1.82) is 0 Å². The number of aromatic hydroxyl groups is 1. The number of hydrogen-bond donors (Lipinski definition) is 1. The summed E-state index contributed by atoms with van der Waals surface area (Å²) in [5, 5.41) is 10.7. The van der Waals surface area contributed by atoms with Gasteiger partial charge in [-0.15, -0.1) is 0 Å². The standard InChI is InChI=1S/C30H32O14/c1-15(31)39-14-26-27(40-16(2)32)28(41-17(3)33)29(42-18(4)34)30(44-26)43-20-6-7-21(23(36)13-20)22(35)11-19-5-8-24-25(12-19)38-10-9-37-24/h5-8,12-13,26-30,36H,9-11,14H2,1-4H3/t26-,27+,28+,29+,30-/m0/s1. The number of phenolic OH excluding ortho intramolecular Hbond substituents is 1. The van der Waals surface area contributed by atoms with Gasteiger partial charge in [0.15, 0.2) is 29.5 Å². The van der Waals surface area contributed by atoms with Gasteiger partial charge in [0.2, 0.25) is 12.4 Å². The molecule has 0 aliphatic carbocycles. The van der Waals surface area contributed by atoms with E-state index in [1.54, 1.807) is 18.2 Å². The topological polar surface area (TPSA) is 179 Å². The summed E-state index contributed by atoms with van der Waals surface area (Å²) in [6.07, 6.45) is -7.01. The number of hydrogen-bond acceptors (Lipinski definition) is 14. The van der Waals surface area contributed by atoms with E-state index >= 15 is 0 Å². The van der Waals surface area contributed by atoms with Gasteiger partial charge in [0.25, 0.3) is 0 Å². The van der Waals surface area contributed by atoms with E-state index in [1.807, 2.05) is 0 Å². The number of ketones is 1. The van der Waals surface area contributed by atoms with Crippen LogP contribution in [0.2, 0.25) is 0 Å². The number of ether oxygens (including phenoxy) is 8. The zero-order valence-electron chi connectivity index (χ0n) is 24.4. The molecular weight excluding hydrogens is 584 g/mol. The normalized spacial score (nSPS) is 22.2. The summed E-state index contributed by atoms with van der Waals surface area (Å²) in [4.78, 5) is 60.5. The highest BCUT2D eigenvalue weighted by atomic mass is 16.7. The first-order valence-corrected chi connectivity index (χ1v) is 13.6. The van der Waals surface area contributed by atoms with Crippen LogP contribution >= 0.6 is 0 Å². The summed E-state index contributed by atoms with van der Waals surface area (Å²) in [5.41, 5.74) is 0.658. The molecule has 0 unspecified atom stereocenters. The molecule has 0 spiro atoms. The van der Waals surface area contributed by atoms with Crippen LogP contribution in [-0.2, 0) is 49.3 Å². The first-order valence-electron chi connectivity index (χ1n) is 13.6. The Morgan fingerprint density at radius 3 is 2.05 bits per heavy atom. The van der Waals surface area contributed by atoms with Crippen molar-refractivity contribution in [2.24, 2.45) is 0 Å². The van der Waals surface area contributed by atoms with Gasteiger partial charge < -0.3 is 43.0 Å². The molecule has 2 aliphatic heterocycles. The SMILES string of the molecule is CC(=O)OC[C@@H]1O[C@H](Oc2ccc(C(=O)Cc3ccc4c(c3)OCCO4)c(O)c2)[C@H](OC(C)=O)[C@H](OC(C)=O)[C@@H]1OC(C)=O. The molecule has 5 atom stereocenters. The average molecular weight is 617 g/mol. The maximum absolute atomic E-state index is 13.0. The van der Waals surface area contributed by atoms with Crippen LogP contribution in [0, 0.1) is 0 Å². The van der Waals surface area contributed by atoms with Gasteiger partial charge >= 0.3 is 23.9 Å². The Morgan fingerprint density at radius 2 is 1.41 bits per heavy atom. The highest BCUT2D eigenvalue weighted by Gasteiger charge is 2.53. The fourth-order valence-electron chi connectivity index (χ4n) is 4.72. The van der Waals surface area contributed by atoms with Crippen LogP contribution in [0.1, 0.15) is 43.6 Å². The Hall–Kier alpha value is -4.85. The van der Waals surface area contributed by atoms with Gasteiger partial charge in [-0.05, 0) is 29.8 Å². The highest BCUT2D eigenvalue weighted by molar-refractivity contribution is 6.00. The highest BCUT2D eigenvalue weighted by Crippen LogP contribution is 2.34. The maximum Gasteiger partial charge on any atom is 0.303 e. The van der Waals surface area contributed by atoms with Crippen LogP contribution in [0.15, 0.2) is 36.4 Å². The van der Waals surface area contributed by atoms with E-state index in [9.17, 15) is 29.1 Å². The quantitative estimate of drug-likeness (QED) is 0.233. The van der Waals surface area contributed by atoms with Gasteiger partial charge in [0.05, 0.1) is 5.56 Å². The lowest BCUT2D eigenvalue weighted by Crippen LogP contribution is -2.63. The first-order chi connectivity index (χ1) is 20.9. The van der Waals surface area contributed by atoms with Crippen molar-refractivity contribution in [3.8, 4) is 23.0 Å². The maximum atomic E-state index is 13.0. The van der Waals surface area contributed by atoms with Crippen molar-refractivity contribution < 1.29 is 67.0 Å². The molecular formula is C30H32O14. The molecule has 4 rings (SSSR count). The number of fused-ring (bicyclic) bond motifs is 1. The predicted octanol–water partition coefficient (Wildman–Crippen LogP) is 2.05. The number of rotatable bonds is 10. The molecule has 0 aromatic heterocycles. The Morgan fingerprint density at radius 1 is 0.773 bits per heavy atom. The molecule has 0 radical (unpaired) electrons. The van der Waals surface area contributed by atoms with Crippen molar-refractivity contribution in [2.75, 3.05) is 19.8 Å². The number of esters is 4. The third kappa shape index (κ3) is 8.16. The van der Waals surface area contributed by atoms with Crippen LogP contribution in [0.25, 0.3) is 0 Å². The molecule has 2 aliphatic rings. The summed E-state index contributed by atoms with van der Waals surface area (Å²) in [7, 11) is 0. The summed E-state index contributed by atoms with van der Waals surface area (Å²) >= 11 is 0. The van der Waals surface area contributed by atoms with E-state index in [4.69, 9.17) is 37.9 Å². The van der Waals surface area contributed by atoms with Gasteiger partial charge in [-0.25, -0.2) is 0 Å². The lowest BCUT2D eigenvalue weighted by atomic mass is 9.98. The first kappa shape index (κ1) is 32.1. The minimum Gasteiger partial charge on any atom is -0.507 e. The minimum atomic E-state index is -1.51. The van der Waals surface area contributed by atoms with Crippen molar-refractivity contribution in [1.82, 2.24) is 0 Å². The van der Waals surface area contributed by atoms with Crippen LogP contribution in [0.3, 0.4) is 0 Å². The Kier molecular flexibility index (Phi) is 10.3. The molecule has 0 bridgehead atoms. The van der Waals surface area contributed by atoms with E-state index in [1.165, 1.54) is 12.1 Å². The molecule has 2 aromatic carbocycles. The fraction of sp³-hybridized carbons (Fsp3) is 0.433. The Labute approximate surface area is 252 Å². The number of carbonyl (C=O) groups is 5. The molecule has 2 heterocycles. The molecule has 0 amide bonds. The zero-order valence-corrected chi connectivity index (χ0v) is 24.4.